The number of ether oxygens (including phenoxy) is 1. The Labute approximate surface area is 112 Å². The molecule has 0 aromatic heterocycles. The molecule has 3 heteroatoms. The zero-order valence-corrected chi connectivity index (χ0v) is 12.2. The fourth-order valence-electron chi connectivity index (χ4n) is 3.67. The zero-order chi connectivity index (χ0) is 12.8. The van der Waals surface area contributed by atoms with Gasteiger partial charge in [-0.1, -0.05) is 6.92 Å². The Kier molecular flexibility index (Phi) is 5.93. The average Bonchev–Trinajstić information content (AvgIpc) is 2.46. The molecule has 1 aliphatic carbocycles. The first-order chi connectivity index (χ1) is 8.85. The lowest BCUT2D eigenvalue weighted by Gasteiger charge is -2.43. The Morgan fingerprint density at radius 1 is 1.17 bits per heavy atom. The number of methoxy groups -OCH3 is 1. The van der Waals surface area contributed by atoms with Gasteiger partial charge in [-0.25, -0.2) is 0 Å². The van der Waals surface area contributed by atoms with E-state index in [0.29, 0.717) is 6.10 Å². The first-order valence-electron chi connectivity index (χ1n) is 7.84. The minimum absolute atomic E-state index is 0.500. The molecule has 0 radical (unpaired) electrons. The number of nitrogens with one attached hydrogen (secondary N) is 1. The molecule has 1 saturated heterocycles. The smallest absolute Gasteiger partial charge is 0.0586 e. The van der Waals surface area contributed by atoms with Crippen molar-refractivity contribution in [3.63, 3.8) is 0 Å². The lowest BCUT2D eigenvalue weighted by atomic mass is 9.89. The second kappa shape index (κ2) is 7.46. The van der Waals surface area contributed by atoms with Crippen LogP contribution in [0.5, 0.6) is 0 Å². The zero-order valence-electron chi connectivity index (χ0n) is 12.2. The summed E-state index contributed by atoms with van der Waals surface area (Å²) in [5.41, 5.74) is 0. The maximum Gasteiger partial charge on any atom is 0.0586 e. The summed E-state index contributed by atoms with van der Waals surface area (Å²) in [4.78, 5) is 2.79. The van der Waals surface area contributed by atoms with Crippen LogP contribution in [-0.4, -0.2) is 49.8 Å². The van der Waals surface area contributed by atoms with E-state index in [-0.39, 0.29) is 0 Å². The standard InChI is InChI=1S/C15H30N2O/c1-3-10-17(14-7-5-9-16-12-14)13-6-4-8-15(11-13)18-2/h13-16H,3-12H2,1-2H3. The summed E-state index contributed by atoms with van der Waals surface area (Å²) < 4.78 is 5.59. The summed E-state index contributed by atoms with van der Waals surface area (Å²) in [6, 6.07) is 1.52. The van der Waals surface area contributed by atoms with E-state index >= 15 is 0 Å². The maximum absolute atomic E-state index is 5.59. The molecule has 3 nitrogen and oxygen atoms in total. The van der Waals surface area contributed by atoms with Crippen LogP contribution in [0.3, 0.4) is 0 Å². The van der Waals surface area contributed by atoms with E-state index in [2.05, 4.69) is 17.1 Å². The number of nitrogens with zero attached hydrogens (tertiary/aromatic N) is 1. The second-order valence-corrected chi connectivity index (χ2v) is 5.92. The van der Waals surface area contributed by atoms with Crippen molar-refractivity contribution in [3.05, 3.63) is 0 Å². The highest BCUT2D eigenvalue weighted by Crippen LogP contribution is 2.27. The number of piperidine rings is 1. The van der Waals surface area contributed by atoms with E-state index in [1.54, 1.807) is 0 Å². The lowest BCUT2D eigenvalue weighted by molar-refractivity contribution is 0.01000. The third kappa shape index (κ3) is 3.69. The molecule has 0 amide bonds. The van der Waals surface area contributed by atoms with Gasteiger partial charge < -0.3 is 10.1 Å². The molecule has 1 N–H and O–H groups in total. The topological polar surface area (TPSA) is 24.5 Å². The van der Waals surface area contributed by atoms with Crippen LogP contribution in [-0.2, 0) is 4.74 Å². The molecule has 0 aromatic carbocycles. The van der Waals surface area contributed by atoms with Gasteiger partial charge in [0, 0.05) is 25.7 Å². The van der Waals surface area contributed by atoms with Gasteiger partial charge >= 0.3 is 0 Å². The second-order valence-electron chi connectivity index (χ2n) is 5.92. The van der Waals surface area contributed by atoms with Crippen molar-refractivity contribution in [2.45, 2.75) is 70.1 Å². The number of hydrogen-bond donors (Lipinski definition) is 1. The Morgan fingerprint density at radius 3 is 2.67 bits per heavy atom. The molecule has 18 heavy (non-hydrogen) atoms. The molecular formula is C15H30N2O. The van der Waals surface area contributed by atoms with Gasteiger partial charge in [-0.3, -0.25) is 4.90 Å². The van der Waals surface area contributed by atoms with Crippen LogP contribution in [0.2, 0.25) is 0 Å². The summed E-state index contributed by atoms with van der Waals surface area (Å²) in [5.74, 6) is 0. The average molecular weight is 254 g/mol. The Hall–Kier alpha value is -0.120. The van der Waals surface area contributed by atoms with Gasteiger partial charge in [0.05, 0.1) is 6.10 Å². The van der Waals surface area contributed by atoms with E-state index in [1.807, 2.05) is 7.11 Å². The van der Waals surface area contributed by atoms with Crippen molar-refractivity contribution in [2.24, 2.45) is 0 Å². The molecule has 2 rings (SSSR count). The molecule has 2 fully saturated rings. The lowest BCUT2D eigenvalue weighted by Crippen LogP contribution is -2.52. The highest BCUT2D eigenvalue weighted by Gasteiger charge is 2.31. The minimum atomic E-state index is 0.500. The van der Waals surface area contributed by atoms with Crippen molar-refractivity contribution in [1.29, 1.82) is 0 Å². The molecule has 106 valence electrons. The van der Waals surface area contributed by atoms with Crippen molar-refractivity contribution in [3.8, 4) is 0 Å². The van der Waals surface area contributed by atoms with E-state index in [4.69, 9.17) is 4.74 Å². The molecule has 0 aromatic rings. The van der Waals surface area contributed by atoms with Gasteiger partial charge in [-0.2, -0.15) is 0 Å². The van der Waals surface area contributed by atoms with Gasteiger partial charge in [0.1, 0.15) is 0 Å². The fourth-order valence-corrected chi connectivity index (χ4v) is 3.67. The predicted molar refractivity (Wildman–Crippen MR) is 75.9 cm³/mol. The fraction of sp³-hybridized carbons (Fsp3) is 1.00. The van der Waals surface area contributed by atoms with E-state index in [0.717, 1.165) is 12.1 Å². The summed E-state index contributed by atoms with van der Waals surface area (Å²) >= 11 is 0. The molecule has 1 heterocycles. The van der Waals surface area contributed by atoms with Crippen LogP contribution in [0.4, 0.5) is 0 Å². The van der Waals surface area contributed by atoms with Crippen LogP contribution in [0.25, 0.3) is 0 Å². The summed E-state index contributed by atoms with van der Waals surface area (Å²) in [6.45, 7) is 5.96. The van der Waals surface area contributed by atoms with Crippen molar-refractivity contribution >= 4 is 0 Å². The summed E-state index contributed by atoms with van der Waals surface area (Å²) in [6.07, 6.45) is 9.69. The van der Waals surface area contributed by atoms with Gasteiger partial charge in [-0.15, -0.1) is 0 Å². The minimum Gasteiger partial charge on any atom is -0.381 e. The number of hydrogen-bond acceptors (Lipinski definition) is 3. The monoisotopic (exact) mass is 254 g/mol. The van der Waals surface area contributed by atoms with Gasteiger partial charge in [0.15, 0.2) is 0 Å². The van der Waals surface area contributed by atoms with Gasteiger partial charge in [0.25, 0.3) is 0 Å². The van der Waals surface area contributed by atoms with Crippen LogP contribution >= 0.6 is 0 Å². The predicted octanol–water partition coefficient (Wildman–Crippen LogP) is 2.41. The van der Waals surface area contributed by atoms with E-state index in [1.165, 1.54) is 64.6 Å². The molecule has 3 atom stereocenters. The highest BCUT2D eigenvalue weighted by atomic mass is 16.5. The molecule has 1 aliphatic heterocycles. The molecule has 0 spiro atoms. The maximum atomic E-state index is 5.59. The number of rotatable bonds is 5. The first kappa shape index (κ1) is 14.3. The molecule has 2 aliphatic rings. The molecule has 1 saturated carbocycles. The third-order valence-electron chi connectivity index (χ3n) is 4.62. The van der Waals surface area contributed by atoms with E-state index < -0.39 is 0 Å². The van der Waals surface area contributed by atoms with Gasteiger partial charge in [0.2, 0.25) is 0 Å². The SMILES string of the molecule is CCCN(C1CCCNC1)C1CCCC(OC)C1. The van der Waals surface area contributed by atoms with Crippen molar-refractivity contribution < 1.29 is 4.74 Å². The molecule has 3 unspecified atom stereocenters. The van der Waals surface area contributed by atoms with Crippen LogP contribution in [0, 0.1) is 0 Å². The highest BCUT2D eigenvalue weighted by molar-refractivity contribution is 4.87. The summed E-state index contributed by atoms with van der Waals surface area (Å²) in [5, 5.41) is 3.57. The normalized spacial score (nSPS) is 33.8. The van der Waals surface area contributed by atoms with Crippen LogP contribution in [0.1, 0.15) is 51.9 Å². The molecule has 0 bridgehead atoms. The largest absolute Gasteiger partial charge is 0.381 e. The van der Waals surface area contributed by atoms with Crippen molar-refractivity contribution in [1.82, 2.24) is 10.2 Å². The molecular weight excluding hydrogens is 224 g/mol. The van der Waals surface area contributed by atoms with Crippen LogP contribution in [0.15, 0.2) is 0 Å². The van der Waals surface area contributed by atoms with Crippen molar-refractivity contribution in [2.75, 3.05) is 26.7 Å². The van der Waals surface area contributed by atoms with Gasteiger partial charge in [-0.05, 0) is 58.0 Å². The van der Waals surface area contributed by atoms with Crippen LogP contribution < -0.4 is 5.32 Å². The first-order valence-corrected chi connectivity index (χ1v) is 7.84. The summed E-state index contributed by atoms with van der Waals surface area (Å²) in [7, 11) is 1.87. The quantitative estimate of drug-likeness (QED) is 0.815. The Balaban J connectivity index is 1.94. The van der Waals surface area contributed by atoms with E-state index in [9.17, 15) is 0 Å². The Morgan fingerprint density at radius 2 is 2.00 bits per heavy atom. The third-order valence-corrected chi connectivity index (χ3v) is 4.62. The Bertz CT molecular complexity index is 229.